The Hall–Kier alpha value is -1.03. The average Bonchev–Trinajstić information content (AvgIpc) is 2.00. The minimum Gasteiger partial charge on any atom is -0.512 e. The fourth-order valence-corrected chi connectivity index (χ4v) is 0.623. The number of amides is 1. The van der Waals surface area contributed by atoms with E-state index >= 15 is 0 Å². The molecule has 0 aliphatic carbocycles. The maximum absolute atomic E-state index is 11.0. The highest BCUT2D eigenvalue weighted by molar-refractivity contribution is 5.87. The van der Waals surface area contributed by atoms with Gasteiger partial charge in [0.1, 0.15) is 0 Å². The molecule has 0 unspecified atom stereocenters. The summed E-state index contributed by atoms with van der Waals surface area (Å²) >= 11 is 0. The number of allylic oxidation sites excluding steroid dienone is 1. The van der Waals surface area contributed by atoms with Crippen LogP contribution in [0.1, 0.15) is 20.8 Å². The Balaban J connectivity index is 3.90. The lowest BCUT2D eigenvalue weighted by Crippen LogP contribution is -2.35. The number of carbonyl (C=O) groups excluding carboxylic acids is 1. The van der Waals surface area contributed by atoms with Crippen LogP contribution in [0.4, 0.5) is 0 Å². The SMILES string of the molecule is CC(O)=CC(=O)NCC(C)(C)CO. The quantitative estimate of drug-likeness (QED) is 0.445. The summed E-state index contributed by atoms with van der Waals surface area (Å²) in [6, 6.07) is 0. The molecule has 0 aromatic heterocycles. The molecule has 0 aromatic rings. The van der Waals surface area contributed by atoms with Gasteiger partial charge in [0.2, 0.25) is 5.91 Å². The monoisotopic (exact) mass is 187 g/mol. The Morgan fingerprint density at radius 1 is 1.54 bits per heavy atom. The zero-order valence-corrected chi connectivity index (χ0v) is 8.29. The minimum absolute atomic E-state index is 0.00903. The van der Waals surface area contributed by atoms with Gasteiger partial charge < -0.3 is 15.5 Å². The molecule has 1 amide bonds. The summed E-state index contributed by atoms with van der Waals surface area (Å²) in [7, 11) is 0. The zero-order valence-electron chi connectivity index (χ0n) is 8.29. The normalized spacial score (nSPS) is 12.8. The fraction of sp³-hybridized carbons (Fsp3) is 0.667. The predicted molar refractivity (Wildman–Crippen MR) is 50.3 cm³/mol. The van der Waals surface area contributed by atoms with Crippen LogP contribution >= 0.6 is 0 Å². The zero-order chi connectivity index (χ0) is 10.5. The highest BCUT2D eigenvalue weighted by Gasteiger charge is 2.16. The summed E-state index contributed by atoms with van der Waals surface area (Å²) < 4.78 is 0. The Labute approximate surface area is 78.3 Å². The molecule has 3 N–H and O–H groups in total. The standard InChI is InChI=1S/C9H17NO3/c1-7(12)4-8(13)10-5-9(2,3)6-11/h4,11-12H,5-6H2,1-3H3,(H,10,13). The second-order valence-electron chi connectivity index (χ2n) is 3.83. The largest absolute Gasteiger partial charge is 0.512 e. The average molecular weight is 187 g/mol. The van der Waals surface area contributed by atoms with Crippen molar-refractivity contribution in [3.05, 3.63) is 11.8 Å². The van der Waals surface area contributed by atoms with Gasteiger partial charge in [-0.2, -0.15) is 0 Å². The second-order valence-corrected chi connectivity index (χ2v) is 3.83. The molecule has 0 aromatic carbocycles. The summed E-state index contributed by atoms with van der Waals surface area (Å²) in [5, 5.41) is 20.2. The van der Waals surface area contributed by atoms with Crippen LogP contribution in [0.2, 0.25) is 0 Å². The highest BCUT2D eigenvalue weighted by atomic mass is 16.3. The Bertz CT molecular complexity index is 205. The predicted octanol–water partition coefficient (Wildman–Crippen LogP) is 0.583. The smallest absolute Gasteiger partial charge is 0.247 e. The molecule has 0 spiro atoms. The van der Waals surface area contributed by atoms with Crippen molar-refractivity contribution >= 4 is 5.91 Å². The molecule has 0 heterocycles. The maximum Gasteiger partial charge on any atom is 0.247 e. The fourth-order valence-electron chi connectivity index (χ4n) is 0.623. The first kappa shape index (κ1) is 12.0. The van der Waals surface area contributed by atoms with E-state index in [9.17, 15) is 4.79 Å². The lowest BCUT2D eigenvalue weighted by molar-refractivity contribution is -0.117. The van der Waals surface area contributed by atoms with Crippen molar-refractivity contribution in [1.82, 2.24) is 5.32 Å². The molecule has 13 heavy (non-hydrogen) atoms. The molecule has 0 aliphatic rings. The van der Waals surface area contributed by atoms with Crippen LogP contribution in [0.25, 0.3) is 0 Å². The molecule has 0 fully saturated rings. The van der Waals surface area contributed by atoms with E-state index in [0.717, 1.165) is 6.08 Å². The van der Waals surface area contributed by atoms with Crippen molar-refractivity contribution in [3.8, 4) is 0 Å². The van der Waals surface area contributed by atoms with Gasteiger partial charge in [-0.25, -0.2) is 0 Å². The number of hydrogen-bond acceptors (Lipinski definition) is 3. The van der Waals surface area contributed by atoms with Crippen LogP contribution < -0.4 is 5.32 Å². The molecule has 4 heteroatoms. The molecule has 0 rings (SSSR count). The van der Waals surface area contributed by atoms with Gasteiger partial charge in [-0.05, 0) is 6.92 Å². The molecule has 4 nitrogen and oxygen atoms in total. The molecule has 0 atom stereocenters. The van der Waals surface area contributed by atoms with Crippen molar-refractivity contribution in [2.45, 2.75) is 20.8 Å². The first-order valence-electron chi connectivity index (χ1n) is 4.13. The van der Waals surface area contributed by atoms with E-state index in [4.69, 9.17) is 10.2 Å². The summed E-state index contributed by atoms with van der Waals surface area (Å²) in [5.41, 5.74) is -0.327. The first-order chi connectivity index (χ1) is 5.87. The summed E-state index contributed by atoms with van der Waals surface area (Å²) in [5.74, 6) is -0.374. The first-order valence-corrected chi connectivity index (χ1v) is 4.13. The number of carbonyl (C=O) groups is 1. The number of aliphatic hydroxyl groups excluding tert-OH is 2. The number of aliphatic hydroxyl groups is 2. The summed E-state index contributed by atoms with van der Waals surface area (Å²) in [6.07, 6.45) is 1.10. The second kappa shape index (κ2) is 4.87. The number of nitrogens with one attached hydrogen (secondary N) is 1. The van der Waals surface area contributed by atoms with Crippen LogP contribution in [-0.4, -0.2) is 29.3 Å². The van der Waals surface area contributed by atoms with Crippen molar-refractivity contribution in [3.63, 3.8) is 0 Å². The molecular weight excluding hydrogens is 170 g/mol. The van der Waals surface area contributed by atoms with E-state index in [1.54, 1.807) is 0 Å². The van der Waals surface area contributed by atoms with Gasteiger partial charge in [-0.1, -0.05) is 13.8 Å². The molecule has 0 radical (unpaired) electrons. The van der Waals surface area contributed by atoms with E-state index < -0.39 is 0 Å². The van der Waals surface area contributed by atoms with Crippen LogP contribution in [-0.2, 0) is 4.79 Å². The Morgan fingerprint density at radius 2 is 2.08 bits per heavy atom. The van der Waals surface area contributed by atoms with Crippen LogP contribution in [0.5, 0.6) is 0 Å². The third-order valence-corrected chi connectivity index (χ3v) is 1.51. The van der Waals surface area contributed by atoms with Crippen molar-refractivity contribution < 1.29 is 15.0 Å². The van der Waals surface area contributed by atoms with Gasteiger partial charge in [0.05, 0.1) is 5.76 Å². The third-order valence-electron chi connectivity index (χ3n) is 1.51. The van der Waals surface area contributed by atoms with Crippen LogP contribution in [0, 0.1) is 5.41 Å². The topological polar surface area (TPSA) is 69.6 Å². The lowest BCUT2D eigenvalue weighted by Gasteiger charge is -2.21. The number of rotatable bonds is 4. The van der Waals surface area contributed by atoms with Gasteiger partial charge in [-0.15, -0.1) is 0 Å². The molecule has 0 bridgehead atoms. The number of hydrogen-bond donors (Lipinski definition) is 3. The van der Waals surface area contributed by atoms with E-state index in [0.29, 0.717) is 6.54 Å². The van der Waals surface area contributed by atoms with Gasteiger partial charge in [0.25, 0.3) is 0 Å². The molecular formula is C9H17NO3. The van der Waals surface area contributed by atoms with Crippen molar-refractivity contribution in [1.29, 1.82) is 0 Å². The maximum atomic E-state index is 11.0. The summed E-state index contributed by atoms with van der Waals surface area (Å²) in [6.45, 7) is 5.49. The van der Waals surface area contributed by atoms with Gasteiger partial charge in [0.15, 0.2) is 0 Å². The molecule has 0 saturated heterocycles. The lowest BCUT2D eigenvalue weighted by atomic mass is 9.95. The van der Waals surface area contributed by atoms with Crippen LogP contribution in [0.3, 0.4) is 0 Å². The third kappa shape index (κ3) is 6.16. The van der Waals surface area contributed by atoms with E-state index in [-0.39, 0.29) is 23.7 Å². The van der Waals surface area contributed by atoms with Gasteiger partial charge >= 0.3 is 0 Å². The van der Waals surface area contributed by atoms with Crippen molar-refractivity contribution in [2.24, 2.45) is 5.41 Å². The van der Waals surface area contributed by atoms with Gasteiger partial charge in [-0.3, -0.25) is 4.79 Å². The Kier molecular flexibility index (Phi) is 4.48. The van der Waals surface area contributed by atoms with E-state index in [1.165, 1.54) is 6.92 Å². The van der Waals surface area contributed by atoms with Crippen LogP contribution in [0.15, 0.2) is 11.8 Å². The molecule has 76 valence electrons. The molecule has 0 saturated carbocycles. The van der Waals surface area contributed by atoms with Gasteiger partial charge in [0, 0.05) is 24.6 Å². The Morgan fingerprint density at radius 3 is 2.46 bits per heavy atom. The van der Waals surface area contributed by atoms with Crippen molar-refractivity contribution in [2.75, 3.05) is 13.2 Å². The van der Waals surface area contributed by atoms with E-state index in [1.807, 2.05) is 13.8 Å². The highest BCUT2D eigenvalue weighted by Crippen LogP contribution is 2.10. The van der Waals surface area contributed by atoms with E-state index in [2.05, 4.69) is 5.32 Å². The minimum atomic E-state index is -0.346. The summed E-state index contributed by atoms with van der Waals surface area (Å²) in [4.78, 5) is 11.0. The molecule has 0 aliphatic heterocycles.